The fourth-order valence-electron chi connectivity index (χ4n) is 3.59. The Balaban J connectivity index is 2.15. The van der Waals surface area contributed by atoms with Crippen LogP contribution in [0.25, 0.3) is 0 Å². The molecule has 1 aliphatic carbocycles. The van der Waals surface area contributed by atoms with Gasteiger partial charge in [-0.2, -0.15) is 0 Å². The normalized spacial score (nSPS) is 27.4. The van der Waals surface area contributed by atoms with Crippen molar-refractivity contribution in [1.29, 1.82) is 0 Å². The maximum atomic E-state index is 12.1. The molecule has 0 spiro atoms. The van der Waals surface area contributed by atoms with Gasteiger partial charge in [-0.25, -0.2) is 0 Å². The molecule has 3 N–H and O–H groups in total. The quantitative estimate of drug-likeness (QED) is 0.792. The van der Waals surface area contributed by atoms with Gasteiger partial charge in [0.15, 0.2) is 0 Å². The highest BCUT2D eigenvalue weighted by molar-refractivity contribution is 5.84. The first-order valence-electron chi connectivity index (χ1n) is 7.41. The van der Waals surface area contributed by atoms with Crippen molar-refractivity contribution in [2.45, 2.75) is 51.0 Å². The minimum absolute atomic E-state index is 0.128. The number of nitrogens with one attached hydrogen (secondary N) is 1. The second-order valence-corrected chi connectivity index (χ2v) is 5.94. The molecule has 0 bridgehead atoms. The number of nitrogens with zero attached hydrogens (tertiary/aromatic N) is 1. The molecule has 4 heteroatoms. The second kappa shape index (κ2) is 6.02. The average molecular weight is 253 g/mol. The van der Waals surface area contributed by atoms with E-state index in [-0.39, 0.29) is 5.91 Å². The smallest absolute Gasteiger partial charge is 0.237 e. The van der Waals surface area contributed by atoms with Crippen molar-refractivity contribution < 1.29 is 4.79 Å². The molecule has 1 saturated heterocycles. The zero-order valence-corrected chi connectivity index (χ0v) is 11.6. The Bertz CT molecular complexity index is 281. The van der Waals surface area contributed by atoms with Crippen molar-refractivity contribution in [1.82, 2.24) is 10.2 Å². The van der Waals surface area contributed by atoms with Gasteiger partial charge in [0.25, 0.3) is 0 Å². The summed E-state index contributed by atoms with van der Waals surface area (Å²) in [4.78, 5) is 14.4. The van der Waals surface area contributed by atoms with Gasteiger partial charge in [0.05, 0.1) is 0 Å². The molecular weight excluding hydrogens is 226 g/mol. The molecule has 1 aliphatic heterocycles. The molecule has 1 unspecified atom stereocenters. The van der Waals surface area contributed by atoms with Gasteiger partial charge in [0, 0.05) is 19.6 Å². The molecule has 2 aliphatic rings. The third kappa shape index (κ3) is 2.69. The third-order valence-corrected chi connectivity index (χ3v) is 4.90. The first-order chi connectivity index (χ1) is 8.65. The van der Waals surface area contributed by atoms with Crippen LogP contribution in [0.3, 0.4) is 0 Å². The molecule has 0 aromatic heterocycles. The summed E-state index contributed by atoms with van der Waals surface area (Å²) in [6.45, 7) is 6.03. The van der Waals surface area contributed by atoms with Gasteiger partial charge in [0.1, 0.15) is 5.54 Å². The fourth-order valence-corrected chi connectivity index (χ4v) is 3.59. The number of hydrogen-bond acceptors (Lipinski definition) is 3. The first kappa shape index (κ1) is 13.8. The molecule has 1 heterocycles. The highest BCUT2D eigenvalue weighted by Gasteiger charge is 2.44. The zero-order chi connectivity index (χ0) is 13.0. The van der Waals surface area contributed by atoms with E-state index in [9.17, 15) is 4.79 Å². The van der Waals surface area contributed by atoms with Gasteiger partial charge >= 0.3 is 0 Å². The summed E-state index contributed by atoms with van der Waals surface area (Å²) in [5, 5.41) is 3.40. The predicted molar refractivity (Wildman–Crippen MR) is 73.2 cm³/mol. The molecule has 18 heavy (non-hydrogen) atoms. The summed E-state index contributed by atoms with van der Waals surface area (Å²) < 4.78 is 0. The summed E-state index contributed by atoms with van der Waals surface area (Å²) in [7, 11) is 0. The Morgan fingerprint density at radius 2 is 1.89 bits per heavy atom. The van der Waals surface area contributed by atoms with E-state index in [1.54, 1.807) is 0 Å². The van der Waals surface area contributed by atoms with Crippen LogP contribution in [0.4, 0.5) is 0 Å². The molecule has 0 radical (unpaired) electrons. The lowest BCUT2D eigenvalue weighted by molar-refractivity contribution is -0.134. The van der Waals surface area contributed by atoms with Crippen molar-refractivity contribution in [2.75, 3.05) is 26.2 Å². The van der Waals surface area contributed by atoms with Gasteiger partial charge in [-0.3, -0.25) is 9.69 Å². The number of amides is 1. The minimum Gasteiger partial charge on any atom is -0.368 e. The van der Waals surface area contributed by atoms with E-state index in [0.29, 0.717) is 5.92 Å². The molecule has 1 atom stereocenters. The molecule has 1 amide bonds. The van der Waals surface area contributed by atoms with E-state index in [1.165, 1.54) is 19.3 Å². The maximum absolute atomic E-state index is 12.1. The number of primary amides is 1. The second-order valence-electron chi connectivity index (χ2n) is 5.94. The molecule has 104 valence electrons. The Morgan fingerprint density at radius 1 is 1.17 bits per heavy atom. The summed E-state index contributed by atoms with van der Waals surface area (Å²) in [6, 6.07) is 0. The summed E-state index contributed by atoms with van der Waals surface area (Å²) in [6.07, 6.45) is 7.23. The molecule has 0 aromatic carbocycles. The Morgan fingerprint density at radius 3 is 2.56 bits per heavy atom. The minimum atomic E-state index is -0.438. The van der Waals surface area contributed by atoms with Crippen LogP contribution in [-0.4, -0.2) is 42.5 Å². The first-order valence-corrected chi connectivity index (χ1v) is 7.41. The van der Waals surface area contributed by atoms with Crippen LogP contribution in [0.2, 0.25) is 0 Å². The highest BCUT2D eigenvalue weighted by Crippen LogP contribution is 2.36. The number of rotatable bonds is 3. The van der Waals surface area contributed by atoms with Crippen LogP contribution in [0, 0.1) is 5.92 Å². The third-order valence-electron chi connectivity index (χ3n) is 4.90. The molecular formula is C14H27N3O. The van der Waals surface area contributed by atoms with Crippen LogP contribution in [0.5, 0.6) is 0 Å². The summed E-state index contributed by atoms with van der Waals surface area (Å²) >= 11 is 0. The Labute approximate surface area is 110 Å². The molecule has 1 saturated carbocycles. The standard InChI is InChI=1S/C14H27N3O/c1-14(13(15)18,12-6-3-2-4-7-12)17-10-5-8-16-9-11-17/h12,16H,2-11H2,1H3,(H2,15,18). The molecule has 4 nitrogen and oxygen atoms in total. The van der Waals surface area contributed by atoms with Crippen molar-refractivity contribution in [2.24, 2.45) is 11.7 Å². The SMILES string of the molecule is CC(C(N)=O)(C1CCCCC1)N1CCCNCC1. The van der Waals surface area contributed by atoms with Gasteiger partial charge in [-0.15, -0.1) is 0 Å². The van der Waals surface area contributed by atoms with Crippen molar-refractivity contribution in [3.8, 4) is 0 Å². The summed E-state index contributed by atoms with van der Waals surface area (Å²) in [5.41, 5.74) is 5.34. The van der Waals surface area contributed by atoms with E-state index in [4.69, 9.17) is 5.73 Å². The van der Waals surface area contributed by atoms with Crippen LogP contribution in [0.1, 0.15) is 45.4 Å². The van der Waals surface area contributed by atoms with Crippen LogP contribution >= 0.6 is 0 Å². The van der Waals surface area contributed by atoms with Crippen LogP contribution in [0.15, 0.2) is 0 Å². The topological polar surface area (TPSA) is 58.4 Å². The lowest BCUT2D eigenvalue weighted by Gasteiger charge is -2.45. The van der Waals surface area contributed by atoms with Crippen molar-refractivity contribution in [3.63, 3.8) is 0 Å². The van der Waals surface area contributed by atoms with E-state index >= 15 is 0 Å². The van der Waals surface area contributed by atoms with E-state index in [0.717, 1.165) is 45.4 Å². The average Bonchev–Trinajstić information content (AvgIpc) is 2.67. The molecule has 2 fully saturated rings. The van der Waals surface area contributed by atoms with E-state index in [2.05, 4.69) is 17.1 Å². The number of hydrogen-bond donors (Lipinski definition) is 2. The monoisotopic (exact) mass is 253 g/mol. The van der Waals surface area contributed by atoms with Gasteiger partial charge in [-0.1, -0.05) is 19.3 Å². The molecule has 0 aromatic rings. The van der Waals surface area contributed by atoms with E-state index < -0.39 is 5.54 Å². The molecule has 2 rings (SSSR count). The Kier molecular flexibility index (Phi) is 4.62. The van der Waals surface area contributed by atoms with Gasteiger partial charge in [0.2, 0.25) is 5.91 Å². The zero-order valence-electron chi connectivity index (χ0n) is 11.6. The highest BCUT2D eigenvalue weighted by atomic mass is 16.1. The maximum Gasteiger partial charge on any atom is 0.237 e. The lowest BCUT2D eigenvalue weighted by Crippen LogP contribution is -2.61. The largest absolute Gasteiger partial charge is 0.368 e. The van der Waals surface area contributed by atoms with Crippen molar-refractivity contribution >= 4 is 5.91 Å². The fraction of sp³-hybridized carbons (Fsp3) is 0.929. The number of carbonyl (C=O) groups excluding carboxylic acids is 1. The van der Waals surface area contributed by atoms with E-state index in [1.807, 2.05) is 0 Å². The van der Waals surface area contributed by atoms with Gasteiger partial charge < -0.3 is 11.1 Å². The van der Waals surface area contributed by atoms with Crippen LogP contribution in [-0.2, 0) is 4.79 Å². The van der Waals surface area contributed by atoms with Gasteiger partial charge in [-0.05, 0) is 38.6 Å². The number of nitrogens with two attached hydrogens (primary N) is 1. The number of carbonyl (C=O) groups is 1. The predicted octanol–water partition coefficient (Wildman–Crippen LogP) is 1.11. The van der Waals surface area contributed by atoms with Crippen molar-refractivity contribution in [3.05, 3.63) is 0 Å². The van der Waals surface area contributed by atoms with Crippen LogP contribution < -0.4 is 11.1 Å². The summed E-state index contributed by atoms with van der Waals surface area (Å²) in [5.74, 6) is 0.318. The Hall–Kier alpha value is -0.610. The lowest BCUT2D eigenvalue weighted by atomic mass is 9.74.